The number of allylic oxidation sites excluding steroid dienone is 1. The molecule has 0 N–H and O–H groups in total. The SMILES string of the molecule is C1=C[C@H]2CCCC[C@@H]2[C@H]([PH+](c2ccccc2)c2ccccc2)c2ccccc21.CC12CCCCC1CCc1ccccc1C2[PH+](c1ccccc1)c1ccccc1.[CH3-].[CH3-].[Co+2]. The molecule has 0 aliphatic heterocycles. The summed E-state index contributed by atoms with van der Waals surface area (Å²) in [5.74, 6) is 2.32. The topological polar surface area (TPSA) is 0 Å². The molecule has 0 amide bonds. The fourth-order valence-corrected chi connectivity index (χ4v) is 18.9. The second-order valence-corrected chi connectivity index (χ2v) is 22.7. The molecule has 311 valence electrons. The van der Waals surface area contributed by atoms with Gasteiger partial charge in [0, 0.05) is 16.9 Å². The van der Waals surface area contributed by atoms with Crippen LogP contribution in [0.15, 0.2) is 176 Å². The van der Waals surface area contributed by atoms with Crippen LogP contribution < -0.4 is 21.2 Å². The van der Waals surface area contributed by atoms with E-state index in [0.29, 0.717) is 16.7 Å². The molecule has 6 aromatic rings. The molecule has 2 saturated carbocycles. The van der Waals surface area contributed by atoms with E-state index < -0.39 is 15.8 Å². The van der Waals surface area contributed by atoms with Gasteiger partial charge >= 0.3 is 16.8 Å². The summed E-state index contributed by atoms with van der Waals surface area (Å²) in [5.41, 5.74) is 7.92. The molecule has 0 bridgehead atoms. The molecule has 2 fully saturated rings. The van der Waals surface area contributed by atoms with E-state index in [9.17, 15) is 0 Å². The van der Waals surface area contributed by atoms with Gasteiger partial charge in [-0.1, -0.05) is 166 Å². The first-order chi connectivity index (χ1) is 28.2. The first kappa shape index (κ1) is 45.9. The third-order valence-corrected chi connectivity index (χ3v) is 21.1. The van der Waals surface area contributed by atoms with Crippen molar-refractivity contribution in [2.24, 2.45) is 23.2 Å². The fraction of sp³-hybridized carbons (Fsp3) is 0.298. The normalized spacial score (nSPS) is 23.8. The maximum Gasteiger partial charge on any atom is 2.00 e. The minimum absolute atomic E-state index is 0. The van der Waals surface area contributed by atoms with Crippen molar-refractivity contribution in [2.45, 2.75) is 82.4 Å². The first-order valence-electron chi connectivity index (χ1n) is 22.0. The molecule has 60 heavy (non-hydrogen) atoms. The van der Waals surface area contributed by atoms with E-state index in [4.69, 9.17) is 0 Å². The van der Waals surface area contributed by atoms with Gasteiger partial charge in [0.05, 0.1) is 37.1 Å². The Bertz CT molecular complexity index is 2140. The average molecular weight is 872 g/mol. The number of rotatable bonds is 6. The summed E-state index contributed by atoms with van der Waals surface area (Å²) in [7, 11) is -1.91. The van der Waals surface area contributed by atoms with Crippen molar-refractivity contribution in [3.63, 3.8) is 0 Å². The van der Waals surface area contributed by atoms with Gasteiger partial charge in [0.15, 0.2) is 0 Å². The van der Waals surface area contributed by atoms with Crippen molar-refractivity contribution < 1.29 is 16.8 Å². The maximum absolute atomic E-state index is 2.65. The first-order valence-corrected chi connectivity index (χ1v) is 25.1. The molecular formula is C57H66CoP2+2. The quantitative estimate of drug-likeness (QED) is 0.116. The van der Waals surface area contributed by atoms with Crippen LogP contribution in [-0.2, 0) is 23.2 Å². The molecule has 0 spiro atoms. The number of benzene rings is 6. The molecule has 6 atom stereocenters. The van der Waals surface area contributed by atoms with Crippen LogP contribution in [0.25, 0.3) is 6.08 Å². The van der Waals surface area contributed by atoms with Gasteiger partial charge in [0.25, 0.3) is 0 Å². The summed E-state index contributed by atoms with van der Waals surface area (Å²) in [4.78, 5) is 0. The number of fused-ring (bicyclic) bond motifs is 4. The van der Waals surface area contributed by atoms with Crippen molar-refractivity contribution in [1.82, 2.24) is 0 Å². The molecular weight excluding hydrogens is 806 g/mol. The average Bonchev–Trinajstić information content (AvgIpc) is 3.52. The van der Waals surface area contributed by atoms with E-state index in [1.807, 2.05) is 0 Å². The molecule has 0 heterocycles. The maximum atomic E-state index is 2.65. The van der Waals surface area contributed by atoms with Crippen LogP contribution in [-0.4, -0.2) is 0 Å². The smallest absolute Gasteiger partial charge is 0.358 e. The summed E-state index contributed by atoms with van der Waals surface area (Å²) in [5, 5.41) is 6.22. The largest absolute Gasteiger partial charge is 2.00 e. The number of aryl methyl sites for hydroxylation is 1. The molecule has 10 rings (SSSR count). The van der Waals surface area contributed by atoms with Gasteiger partial charge in [-0.15, -0.1) is 0 Å². The Balaban J connectivity index is 0.000000192. The molecule has 6 aromatic carbocycles. The zero-order valence-corrected chi connectivity index (χ0v) is 39.2. The molecule has 3 unspecified atom stereocenters. The predicted octanol–water partition coefficient (Wildman–Crippen LogP) is 14.1. The second-order valence-electron chi connectivity index (χ2n) is 17.5. The summed E-state index contributed by atoms with van der Waals surface area (Å²) in [6.45, 7) is 2.65. The summed E-state index contributed by atoms with van der Waals surface area (Å²) >= 11 is 0. The Morgan fingerprint density at radius 3 is 1.57 bits per heavy atom. The predicted molar refractivity (Wildman–Crippen MR) is 265 cm³/mol. The van der Waals surface area contributed by atoms with Crippen LogP contribution in [0.2, 0.25) is 0 Å². The molecule has 0 saturated heterocycles. The minimum atomic E-state index is -0.962. The Kier molecular flexibility index (Phi) is 16.4. The van der Waals surface area contributed by atoms with Crippen LogP contribution in [0.3, 0.4) is 0 Å². The molecule has 1 radical (unpaired) electrons. The minimum Gasteiger partial charge on any atom is -0.358 e. The monoisotopic (exact) mass is 871 g/mol. The van der Waals surface area contributed by atoms with Crippen molar-refractivity contribution in [1.29, 1.82) is 0 Å². The van der Waals surface area contributed by atoms with Crippen LogP contribution in [0, 0.1) is 38.0 Å². The number of hydrogen-bond acceptors (Lipinski definition) is 0. The van der Waals surface area contributed by atoms with E-state index in [1.54, 1.807) is 37.9 Å². The number of hydrogen-bond donors (Lipinski definition) is 0. The Morgan fingerprint density at radius 1 is 0.483 bits per heavy atom. The van der Waals surface area contributed by atoms with E-state index in [2.05, 4.69) is 189 Å². The summed E-state index contributed by atoms with van der Waals surface area (Å²) in [6.07, 6.45) is 18.7. The van der Waals surface area contributed by atoms with Crippen LogP contribution >= 0.6 is 15.8 Å². The van der Waals surface area contributed by atoms with Gasteiger partial charge in [0.2, 0.25) is 0 Å². The standard InChI is InChI=1S/C28H31P.C27H27P.2CH3.Co/c1-28-21-11-10-13-23(28)20-19-22-12-8-9-18-26(22)27(28)29(24-14-4-2-5-15-24)25-16-6-3-7-17-25;1-3-13-23(14-4-1)28(24-15-5-2-6-16-24)27-25-17-9-7-11-21(25)19-20-22-12-8-10-18-26(22)27;;;/h2-9,12,14-18,23,27H,10-11,13,19-21H2,1H3;1-7,9,11,13-17,19-20,22,26-27H,8,10,12,18H2;2*1H3;/q;;2*-1;+2/p+2/t;22-,26+,27-;;;/m.1.../s1. The van der Waals surface area contributed by atoms with Gasteiger partial charge in [0.1, 0.15) is 11.3 Å². The summed E-state index contributed by atoms with van der Waals surface area (Å²) < 4.78 is 0. The van der Waals surface area contributed by atoms with Crippen LogP contribution in [0.1, 0.15) is 98.3 Å². The van der Waals surface area contributed by atoms with Gasteiger partial charge in [-0.3, -0.25) is 0 Å². The van der Waals surface area contributed by atoms with Crippen molar-refractivity contribution in [2.75, 3.05) is 0 Å². The van der Waals surface area contributed by atoms with Crippen LogP contribution in [0.5, 0.6) is 0 Å². The molecule has 3 heteroatoms. The van der Waals surface area contributed by atoms with Gasteiger partial charge in [-0.05, 0) is 116 Å². The van der Waals surface area contributed by atoms with Gasteiger partial charge in [-0.2, -0.15) is 0 Å². The third kappa shape index (κ3) is 9.57. The molecule has 4 aliphatic rings. The van der Waals surface area contributed by atoms with Crippen molar-refractivity contribution >= 4 is 43.1 Å². The molecule has 4 aliphatic carbocycles. The second kappa shape index (κ2) is 21.5. The zero-order valence-electron chi connectivity index (χ0n) is 36.1. The van der Waals surface area contributed by atoms with Crippen molar-refractivity contribution in [3.05, 3.63) is 213 Å². The Morgan fingerprint density at radius 2 is 0.967 bits per heavy atom. The fourth-order valence-electron chi connectivity index (χ4n) is 11.6. The molecule has 0 nitrogen and oxygen atoms in total. The van der Waals surface area contributed by atoms with E-state index in [-0.39, 0.29) is 31.6 Å². The van der Waals surface area contributed by atoms with Gasteiger partial charge in [-0.25, -0.2) is 0 Å². The third-order valence-electron chi connectivity index (χ3n) is 14.3. The Labute approximate surface area is 376 Å². The van der Waals surface area contributed by atoms with E-state index >= 15 is 0 Å². The van der Waals surface area contributed by atoms with E-state index in [1.165, 1.54) is 69.8 Å². The van der Waals surface area contributed by atoms with Crippen LogP contribution in [0.4, 0.5) is 0 Å². The summed E-state index contributed by atoms with van der Waals surface area (Å²) in [6, 6.07) is 64.2. The van der Waals surface area contributed by atoms with Gasteiger partial charge < -0.3 is 14.9 Å². The zero-order chi connectivity index (χ0) is 38.4. The van der Waals surface area contributed by atoms with Crippen molar-refractivity contribution in [3.8, 4) is 0 Å². The Hall–Kier alpha value is -3.57. The molecule has 0 aromatic heterocycles. The van der Waals surface area contributed by atoms with E-state index in [0.717, 1.165) is 17.8 Å².